The molecule has 104 valence electrons. The summed E-state index contributed by atoms with van der Waals surface area (Å²) in [4.78, 5) is 25.2. The summed E-state index contributed by atoms with van der Waals surface area (Å²) >= 11 is 3.34. The highest BCUT2D eigenvalue weighted by molar-refractivity contribution is 9.10. The predicted molar refractivity (Wildman–Crippen MR) is 77.0 cm³/mol. The van der Waals surface area contributed by atoms with Gasteiger partial charge in [0.05, 0.1) is 13.0 Å². The van der Waals surface area contributed by atoms with Crippen molar-refractivity contribution in [1.82, 2.24) is 4.90 Å². The Balaban J connectivity index is 2.64. The van der Waals surface area contributed by atoms with Crippen LogP contribution in [0.25, 0.3) is 0 Å². The van der Waals surface area contributed by atoms with Gasteiger partial charge in [-0.25, -0.2) is 0 Å². The number of hydrogen-bond acceptors (Lipinski definition) is 3. The molecule has 0 heterocycles. The van der Waals surface area contributed by atoms with Crippen LogP contribution < -0.4 is 0 Å². The van der Waals surface area contributed by atoms with Crippen molar-refractivity contribution in [3.8, 4) is 0 Å². The molecule has 0 bridgehead atoms. The Morgan fingerprint density at radius 1 is 1.32 bits per heavy atom. The van der Waals surface area contributed by atoms with Crippen LogP contribution in [0, 0.1) is 0 Å². The van der Waals surface area contributed by atoms with Gasteiger partial charge in [0, 0.05) is 23.1 Å². The van der Waals surface area contributed by atoms with Crippen molar-refractivity contribution >= 4 is 27.8 Å². The zero-order valence-corrected chi connectivity index (χ0v) is 12.8. The average Bonchev–Trinajstić information content (AvgIpc) is 2.39. The Morgan fingerprint density at radius 3 is 2.63 bits per heavy atom. The van der Waals surface area contributed by atoms with Crippen molar-refractivity contribution in [3.63, 3.8) is 0 Å². The number of hydrogen-bond donors (Lipinski definition) is 0. The zero-order valence-electron chi connectivity index (χ0n) is 11.2. The fourth-order valence-electron chi connectivity index (χ4n) is 1.67. The molecule has 0 fully saturated rings. The number of ether oxygens (including phenoxy) is 1. The first-order valence-corrected chi connectivity index (χ1v) is 7.08. The minimum Gasteiger partial charge on any atom is -0.466 e. The van der Waals surface area contributed by atoms with Gasteiger partial charge in [-0.3, -0.25) is 9.59 Å². The normalized spacial score (nSPS) is 10.1. The summed E-state index contributed by atoms with van der Waals surface area (Å²) in [6.45, 7) is 4.96. The first-order chi connectivity index (χ1) is 9.08. The number of rotatable bonds is 6. The predicted octanol–water partition coefficient (Wildman–Crippen LogP) is 2.86. The van der Waals surface area contributed by atoms with Gasteiger partial charge in [-0.2, -0.15) is 0 Å². The summed E-state index contributed by atoms with van der Waals surface area (Å²) in [7, 11) is 0. The van der Waals surface area contributed by atoms with Crippen LogP contribution in [0.2, 0.25) is 0 Å². The van der Waals surface area contributed by atoms with E-state index in [0.29, 0.717) is 25.3 Å². The van der Waals surface area contributed by atoms with Gasteiger partial charge in [0.15, 0.2) is 0 Å². The lowest BCUT2D eigenvalue weighted by Gasteiger charge is -2.20. The van der Waals surface area contributed by atoms with Crippen LogP contribution in [0.3, 0.4) is 0 Å². The first kappa shape index (κ1) is 15.7. The molecule has 0 aliphatic rings. The van der Waals surface area contributed by atoms with Crippen molar-refractivity contribution in [3.05, 3.63) is 34.3 Å². The Kier molecular flexibility index (Phi) is 6.56. The molecule has 0 aromatic heterocycles. The van der Waals surface area contributed by atoms with Gasteiger partial charge < -0.3 is 9.64 Å². The smallest absolute Gasteiger partial charge is 0.307 e. The molecule has 0 saturated carbocycles. The standard InChI is InChI=1S/C14H18BrNO3/c1-3-16(9-8-13(17)19-4-2)14(18)11-6-5-7-12(15)10-11/h5-7,10H,3-4,8-9H2,1-2H3. The van der Waals surface area contributed by atoms with Gasteiger partial charge in [-0.05, 0) is 32.0 Å². The second kappa shape index (κ2) is 7.94. The number of nitrogens with zero attached hydrogens (tertiary/aromatic N) is 1. The maximum absolute atomic E-state index is 12.3. The number of carbonyl (C=O) groups is 2. The fourth-order valence-corrected chi connectivity index (χ4v) is 2.07. The number of carbonyl (C=O) groups excluding carboxylic acids is 2. The van der Waals surface area contributed by atoms with E-state index < -0.39 is 0 Å². The summed E-state index contributed by atoms with van der Waals surface area (Å²) < 4.78 is 5.72. The average molecular weight is 328 g/mol. The topological polar surface area (TPSA) is 46.6 Å². The monoisotopic (exact) mass is 327 g/mol. The largest absolute Gasteiger partial charge is 0.466 e. The first-order valence-electron chi connectivity index (χ1n) is 6.29. The molecule has 0 radical (unpaired) electrons. The maximum Gasteiger partial charge on any atom is 0.307 e. The summed E-state index contributed by atoms with van der Waals surface area (Å²) in [5.74, 6) is -0.351. The van der Waals surface area contributed by atoms with Gasteiger partial charge in [0.25, 0.3) is 5.91 Å². The Bertz CT molecular complexity index is 448. The third-order valence-corrected chi connectivity index (χ3v) is 3.12. The third kappa shape index (κ3) is 5.03. The van der Waals surface area contributed by atoms with Crippen LogP contribution in [-0.2, 0) is 9.53 Å². The number of halogens is 1. The minimum absolute atomic E-state index is 0.0758. The molecular weight excluding hydrogens is 310 g/mol. The molecule has 19 heavy (non-hydrogen) atoms. The molecule has 0 atom stereocenters. The number of benzene rings is 1. The molecule has 5 heteroatoms. The zero-order chi connectivity index (χ0) is 14.3. The van der Waals surface area contributed by atoms with E-state index in [9.17, 15) is 9.59 Å². The second-order valence-electron chi connectivity index (χ2n) is 3.95. The van der Waals surface area contributed by atoms with Crippen LogP contribution in [0.15, 0.2) is 28.7 Å². The van der Waals surface area contributed by atoms with Crippen LogP contribution in [0.1, 0.15) is 30.6 Å². The molecule has 1 aromatic carbocycles. The Labute approximate surface area is 121 Å². The van der Waals surface area contributed by atoms with Gasteiger partial charge in [0.2, 0.25) is 0 Å². The summed E-state index contributed by atoms with van der Waals surface area (Å²) in [5.41, 5.74) is 0.611. The molecule has 1 amide bonds. The molecule has 0 N–H and O–H groups in total. The molecule has 0 unspecified atom stereocenters. The SMILES string of the molecule is CCOC(=O)CCN(CC)C(=O)c1cccc(Br)c1. The van der Waals surface area contributed by atoms with E-state index in [0.717, 1.165) is 4.47 Å². The lowest BCUT2D eigenvalue weighted by molar-refractivity contribution is -0.143. The molecule has 0 aliphatic heterocycles. The van der Waals surface area contributed by atoms with Crippen molar-refractivity contribution in [2.24, 2.45) is 0 Å². The van der Waals surface area contributed by atoms with Crippen LogP contribution in [0.4, 0.5) is 0 Å². The van der Waals surface area contributed by atoms with E-state index in [-0.39, 0.29) is 18.3 Å². The van der Waals surface area contributed by atoms with Gasteiger partial charge in [0.1, 0.15) is 0 Å². The number of esters is 1. The van der Waals surface area contributed by atoms with Crippen molar-refractivity contribution < 1.29 is 14.3 Å². The summed E-state index contributed by atoms with van der Waals surface area (Å²) in [5, 5.41) is 0. The van der Waals surface area contributed by atoms with Gasteiger partial charge in [-0.1, -0.05) is 22.0 Å². The van der Waals surface area contributed by atoms with Crippen LogP contribution >= 0.6 is 15.9 Å². The quantitative estimate of drug-likeness (QED) is 0.755. The van der Waals surface area contributed by atoms with Crippen LogP contribution in [-0.4, -0.2) is 36.5 Å². The molecule has 0 aliphatic carbocycles. The molecule has 0 saturated heterocycles. The summed E-state index contributed by atoms with van der Waals surface area (Å²) in [6, 6.07) is 7.22. The van der Waals surface area contributed by atoms with Gasteiger partial charge >= 0.3 is 5.97 Å². The highest BCUT2D eigenvalue weighted by Gasteiger charge is 2.15. The van der Waals surface area contributed by atoms with Gasteiger partial charge in [-0.15, -0.1) is 0 Å². The lowest BCUT2D eigenvalue weighted by Crippen LogP contribution is -2.33. The van der Waals surface area contributed by atoms with E-state index in [4.69, 9.17) is 4.74 Å². The lowest BCUT2D eigenvalue weighted by atomic mass is 10.2. The van der Waals surface area contributed by atoms with E-state index in [1.54, 1.807) is 24.0 Å². The number of amides is 1. The highest BCUT2D eigenvalue weighted by atomic mass is 79.9. The van der Waals surface area contributed by atoms with E-state index >= 15 is 0 Å². The molecular formula is C14H18BrNO3. The summed E-state index contributed by atoms with van der Waals surface area (Å²) in [6.07, 6.45) is 0.224. The van der Waals surface area contributed by atoms with E-state index in [1.165, 1.54) is 0 Å². The third-order valence-electron chi connectivity index (χ3n) is 2.63. The molecule has 0 spiro atoms. The molecule has 1 aromatic rings. The molecule has 4 nitrogen and oxygen atoms in total. The van der Waals surface area contributed by atoms with Crippen LogP contribution in [0.5, 0.6) is 0 Å². The Morgan fingerprint density at radius 2 is 2.05 bits per heavy atom. The minimum atomic E-state index is -0.275. The van der Waals surface area contributed by atoms with Crippen molar-refractivity contribution in [2.75, 3.05) is 19.7 Å². The second-order valence-corrected chi connectivity index (χ2v) is 4.87. The maximum atomic E-state index is 12.3. The van der Waals surface area contributed by atoms with Crippen molar-refractivity contribution in [2.45, 2.75) is 20.3 Å². The van der Waals surface area contributed by atoms with E-state index in [2.05, 4.69) is 15.9 Å². The highest BCUT2D eigenvalue weighted by Crippen LogP contribution is 2.13. The molecule has 1 rings (SSSR count). The van der Waals surface area contributed by atoms with Crippen molar-refractivity contribution in [1.29, 1.82) is 0 Å². The Hall–Kier alpha value is -1.36. The van der Waals surface area contributed by atoms with E-state index in [1.807, 2.05) is 19.1 Å². The fraction of sp³-hybridized carbons (Fsp3) is 0.429.